The van der Waals surface area contributed by atoms with Gasteiger partial charge >= 0.3 is 0 Å². The number of fused-ring (bicyclic) bond motifs is 3. The molecule has 5 rings (SSSR count). The van der Waals surface area contributed by atoms with Gasteiger partial charge in [-0.15, -0.1) is 0 Å². The Balaban J connectivity index is 1.84. The number of nitrogens with zero attached hydrogens (tertiary/aromatic N) is 1. The highest BCUT2D eigenvalue weighted by atomic mass is 32.1. The van der Waals surface area contributed by atoms with E-state index in [0.29, 0.717) is 0 Å². The summed E-state index contributed by atoms with van der Waals surface area (Å²) in [5.41, 5.74) is 6.84. The number of aromatic nitrogens is 1. The lowest BCUT2D eigenvalue weighted by Gasteiger charge is -2.17. The highest BCUT2D eigenvalue weighted by Gasteiger charge is 2.31. The molecule has 0 spiro atoms. The van der Waals surface area contributed by atoms with Crippen molar-refractivity contribution in [2.24, 2.45) is 0 Å². The topological polar surface area (TPSA) is 3.88 Å². The van der Waals surface area contributed by atoms with Crippen LogP contribution in [0.1, 0.15) is 22.6 Å². The van der Waals surface area contributed by atoms with Crippen LogP contribution in [-0.2, 0) is 6.54 Å². The Kier molecular flexibility index (Phi) is 3.50. The zero-order chi connectivity index (χ0) is 16.6. The fraction of sp³-hybridized carbons (Fsp3) is 0.0870. The SMILES string of the molecule is c1ccc(C2=C(c3ccccc3)c3sc4ccccc4[n+]3CC2)cc1. The molecule has 120 valence electrons. The summed E-state index contributed by atoms with van der Waals surface area (Å²) in [4.78, 5) is 0. The van der Waals surface area contributed by atoms with E-state index in [4.69, 9.17) is 0 Å². The van der Waals surface area contributed by atoms with Crippen molar-refractivity contribution in [3.63, 3.8) is 0 Å². The second kappa shape index (κ2) is 5.98. The number of thiazole rings is 1. The van der Waals surface area contributed by atoms with Crippen LogP contribution in [0.2, 0.25) is 0 Å². The smallest absolute Gasteiger partial charge is 0.181 e. The van der Waals surface area contributed by atoms with Gasteiger partial charge in [-0.25, -0.2) is 0 Å². The zero-order valence-electron chi connectivity index (χ0n) is 13.9. The number of aryl methyl sites for hydroxylation is 1. The van der Waals surface area contributed by atoms with Gasteiger partial charge in [-0.3, -0.25) is 0 Å². The first kappa shape index (κ1) is 14.6. The Morgan fingerprint density at radius 2 is 1.32 bits per heavy atom. The van der Waals surface area contributed by atoms with Crippen molar-refractivity contribution in [1.82, 2.24) is 0 Å². The maximum Gasteiger partial charge on any atom is 0.271 e. The largest absolute Gasteiger partial charge is 0.271 e. The molecule has 0 amide bonds. The van der Waals surface area contributed by atoms with Crippen LogP contribution in [0.15, 0.2) is 84.9 Å². The van der Waals surface area contributed by atoms with Crippen molar-refractivity contribution in [2.75, 3.05) is 0 Å². The third-order valence-electron chi connectivity index (χ3n) is 4.89. The summed E-state index contributed by atoms with van der Waals surface area (Å²) in [5, 5.41) is 1.37. The molecule has 0 unspecified atom stereocenters. The second-order valence-corrected chi connectivity index (χ2v) is 7.39. The zero-order valence-corrected chi connectivity index (χ0v) is 14.7. The minimum Gasteiger partial charge on any atom is -0.181 e. The van der Waals surface area contributed by atoms with Gasteiger partial charge in [0.15, 0.2) is 6.54 Å². The van der Waals surface area contributed by atoms with Crippen LogP contribution < -0.4 is 4.57 Å². The minimum atomic E-state index is 1.04. The van der Waals surface area contributed by atoms with E-state index in [1.807, 2.05) is 11.3 Å². The molecule has 4 aromatic rings. The molecule has 2 heterocycles. The molecule has 0 radical (unpaired) electrons. The number of benzene rings is 3. The van der Waals surface area contributed by atoms with Crippen molar-refractivity contribution in [1.29, 1.82) is 0 Å². The molecule has 0 bridgehead atoms. The number of allylic oxidation sites excluding steroid dienone is 1. The van der Waals surface area contributed by atoms with Gasteiger partial charge in [0, 0.05) is 12.5 Å². The van der Waals surface area contributed by atoms with Gasteiger partial charge in [0.2, 0.25) is 5.52 Å². The Morgan fingerprint density at radius 3 is 2.08 bits per heavy atom. The molecule has 25 heavy (non-hydrogen) atoms. The summed E-state index contributed by atoms with van der Waals surface area (Å²) in [6.07, 6.45) is 1.06. The summed E-state index contributed by atoms with van der Waals surface area (Å²) >= 11 is 1.91. The molecule has 0 atom stereocenters. The van der Waals surface area contributed by atoms with E-state index in [-0.39, 0.29) is 0 Å². The average molecular weight is 340 g/mol. The van der Waals surface area contributed by atoms with E-state index < -0.39 is 0 Å². The van der Waals surface area contributed by atoms with Crippen LogP contribution >= 0.6 is 11.3 Å². The van der Waals surface area contributed by atoms with E-state index in [0.717, 1.165) is 13.0 Å². The van der Waals surface area contributed by atoms with Crippen LogP contribution in [0, 0.1) is 0 Å². The maximum atomic E-state index is 2.49. The summed E-state index contributed by atoms with van der Waals surface area (Å²) < 4.78 is 3.86. The molecular formula is C23H18NS+. The molecule has 2 heteroatoms. The van der Waals surface area contributed by atoms with Crippen molar-refractivity contribution in [2.45, 2.75) is 13.0 Å². The molecule has 1 aliphatic rings. The van der Waals surface area contributed by atoms with Crippen molar-refractivity contribution < 1.29 is 4.57 Å². The summed E-state index contributed by atoms with van der Waals surface area (Å²) in [7, 11) is 0. The van der Waals surface area contributed by atoms with Gasteiger partial charge < -0.3 is 0 Å². The Bertz CT molecular complexity index is 1080. The van der Waals surface area contributed by atoms with E-state index in [1.54, 1.807) is 0 Å². The normalized spacial score (nSPS) is 13.9. The quantitative estimate of drug-likeness (QED) is 0.421. The number of rotatable bonds is 2. The van der Waals surface area contributed by atoms with Gasteiger partial charge in [0.05, 0.1) is 5.57 Å². The molecule has 1 aromatic heterocycles. The van der Waals surface area contributed by atoms with E-state index >= 15 is 0 Å². The maximum absolute atomic E-state index is 2.49. The average Bonchev–Trinajstić information content (AvgIpc) is 3.07. The highest BCUT2D eigenvalue weighted by Crippen LogP contribution is 2.39. The number of hydrogen-bond donors (Lipinski definition) is 0. The molecule has 0 saturated carbocycles. The molecule has 1 aliphatic heterocycles. The molecule has 0 N–H and O–H groups in total. The standard InChI is InChI=1S/C23H18NS/c1-3-9-17(10-4-1)19-15-16-24-20-13-7-8-14-21(20)25-23(24)22(19)18-11-5-2-6-12-18/h1-14H,15-16H2/q+1. The second-order valence-electron chi connectivity index (χ2n) is 6.36. The molecule has 0 aliphatic carbocycles. The lowest BCUT2D eigenvalue weighted by atomic mass is 9.90. The molecule has 0 saturated heterocycles. The summed E-state index contributed by atoms with van der Waals surface area (Å²) in [6.45, 7) is 1.04. The van der Waals surface area contributed by atoms with Gasteiger partial charge in [-0.1, -0.05) is 84.1 Å². The molecular weight excluding hydrogens is 322 g/mol. The first-order chi connectivity index (χ1) is 12.4. The van der Waals surface area contributed by atoms with Crippen LogP contribution in [0.25, 0.3) is 21.4 Å². The third kappa shape index (κ3) is 2.41. The first-order valence-electron chi connectivity index (χ1n) is 8.67. The lowest BCUT2D eigenvalue weighted by molar-refractivity contribution is -0.669. The van der Waals surface area contributed by atoms with Gasteiger partial charge in [-0.05, 0) is 22.8 Å². The van der Waals surface area contributed by atoms with Crippen molar-refractivity contribution >= 4 is 32.7 Å². The highest BCUT2D eigenvalue weighted by molar-refractivity contribution is 7.19. The minimum absolute atomic E-state index is 1.04. The first-order valence-corrected chi connectivity index (χ1v) is 9.49. The monoisotopic (exact) mass is 340 g/mol. The number of para-hydroxylation sites is 1. The van der Waals surface area contributed by atoms with Crippen LogP contribution in [0.5, 0.6) is 0 Å². The van der Waals surface area contributed by atoms with Gasteiger partial charge in [0.1, 0.15) is 4.70 Å². The Morgan fingerprint density at radius 1 is 0.680 bits per heavy atom. The van der Waals surface area contributed by atoms with E-state index in [1.165, 1.54) is 37.5 Å². The van der Waals surface area contributed by atoms with E-state index in [9.17, 15) is 0 Å². The van der Waals surface area contributed by atoms with Gasteiger partial charge in [-0.2, -0.15) is 4.57 Å². The fourth-order valence-corrected chi connectivity index (χ4v) is 5.03. The van der Waals surface area contributed by atoms with Crippen LogP contribution in [0.4, 0.5) is 0 Å². The van der Waals surface area contributed by atoms with E-state index in [2.05, 4.69) is 89.5 Å². The Labute approximate surface area is 151 Å². The summed E-state index contributed by atoms with van der Waals surface area (Å²) in [5.74, 6) is 0. The number of hydrogen-bond acceptors (Lipinski definition) is 1. The molecule has 3 aromatic carbocycles. The van der Waals surface area contributed by atoms with Gasteiger partial charge in [0.25, 0.3) is 5.01 Å². The molecule has 1 nitrogen and oxygen atoms in total. The third-order valence-corrected chi connectivity index (χ3v) is 6.08. The predicted octanol–water partition coefficient (Wildman–Crippen LogP) is 5.55. The van der Waals surface area contributed by atoms with Crippen molar-refractivity contribution in [3.8, 4) is 0 Å². The Hall–Kier alpha value is -2.71. The summed E-state index contributed by atoms with van der Waals surface area (Å²) in [6, 6.07) is 30.4. The van der Waals surface area contributed by atoms with Crippen molar-refractivity contribution in [3.05, 3.63) is 101 Å². The lowest BCUT2D eigenvalue weighted by Crippen LogP contribution is -2.38. The molecule has 0 fully saturated rings. The predicted molar refractivity (Wildman–Crippen MR) is 105 cm³/mol. The van der Waals surface area contributed by atoms with Crippen LogP contribution in [0.3, 0.4) is 0 Å². The van der Waals surface area contributed by atoms with Crippen LogP contribution in [-0.4, -0.2) is 0 Å². The fourth-order valence-electron chi connectivity index (χ4n) is 3.75.